The Balaban J connectivity index is 1.82. The molecule has 8 heteroatoms. The summed E-state index contributed by atoms with van der Waals surface area (Å²) in [5, 5.41) is 23.6. The summed E-state index contributed by atoms with van der Waals surface area (Å²) in [5.41, 5.74) is 2.05. The van der Waals surface area contributed by atoms with Crippen molar-refractivity contribution in [3.8, 4) is 0 Å². The molecule has 146 valence electrons. The van der Waals surface area contributed by atoms with Gasteiger partial charge in [-0.05, 0) is 48.7 Å². The molecular weight excluding hydrogens is 380 g/mol. The Morgan fingerprint density at radius 1 is 1.44 bits per heavy atom. The van der Waals surface area contributed by atoms with Crippen LogP contribution in [0.1, 0.15) is 49.2 Å². The van der Waals surface area contributed by atoms with E-state index in [9.17, 15) is 5.21 Å². The van der Waals surface area contributed by atoms with Crippen LogP contribution in [-0.4, -0.2) is 46.6 Å². The van der Waals surface area contributed by atoms with Crippen molar-refractivity contribution in [1.29, 1.82) is 0 Å². The second-order valence-corrected chi connectivity index (χ2v) is 8.62. The van der Waals surface area contributed by atoms with E-state index in [0.717, 1.165) is 23.4 Å². The average Bonchev–Trinajstić information content (AvgIpc) is 3.24. The van der Waals surface area contributed by atoms with Gasteiger partial charge >= 0.3 is 11.5 Å². The van der Waals surface area contributed by atoms with Gasteiger partial charge in [0.2, 0.25) is 0 Å². The van der Waals surface area contributed by atoms with Crippen LogP contribution in [0, 0.1) is 5.21 Å². The highest BCUT2D eigenvalue weighted by Gasteiger charge is 2.46. The van der Waals surface area contributed by atoms with E-state index in [0.29, 0.717) is 23.3 Å². The van der Waals surface area contributed by atoms with Crippen molar-refractivity contribution >= 4 is 33.7 Å². The zero-order chi connectivity index (χ0) is 19.6. The molecule has 0 N–H and O–H groups in total. The lowest BCUT2D eigenvalue weighted by molar-refractivity contribution is -0.00421. The van der Waals surface area contributed by atoms with E-state index in [1.54, 1.807) is 0 Å². The topological polar surface area (TPSA) is 61.3 Å². The van der Waals surface area contributed by atoms with E-state index in [-0.39, 0.29) is 5.92 Å². The molecule has 0 aliphatic carbocycles. The maximum absolute atomic E-state index is 13.6. The van der Waals surface area contributed by atoms with Gasteiger partial charge in [-0.15, -0.1) is 5.10 Å². The highest BCUT2D eigenvalue weighted by molar-refractivity contribution is 7.80. The van der Waals surface area contributed by atoms with Gasteiger partial charge in [0.05, 0.1) is 6.54 Å². The normalized spacial score (nSPS) is 23.1. The van der Waals surface area contributed by atoms with E-state index in [2.05, 4.69) is 23.2 Å². The molecule has 6 nitrogen and oxygen atoms in total. The molecule has 2 unspecified atom stereocenters. The predicted octanol–water partition coefficient (Wildman–Crippen LogP) is 4.04. The van der Waals surface area contributed by atoms with E-state index in [1.165, 1.54) is 16.9 Å². The van der Waals surface area contributed by atoms with E-state index < -0.39 is 11.0 Å². The van der Waals surface area contributed by atoms with Crippen LogP contribution in [0.25, 0.3) is 0 Å². The quantitative estimate of drug-likeness (QED) is 0.410. The molecule has 0 radical (unpaired) electrons. The van der Waals surface area contributed by atoms with Crippen LogP contribution >= 0.6 is 23.6 Å². The summed E-state index contributed by atoms with van der Waals surface area (Å²) < 4.78 is 5.37. The molecule has 0 amide bonds. The predicted molar refractivity (Wildman–Crippen MR) is 114 cm³/mol. The highest BCUT2D eigenvalue weighted by atomic mass is 32.1. The molecule has 27 heavy (non-hydrogen) atoms. The van der Waals surface area contributed by atoms with Crippen molar-refractivity contribution in [2.75, 3.05) is 20.1 Å². The van der Waals surface area contributed by atoms with Crippen molar-refractivity contribution in [1.82, 2.24) is 19.7 Å². The number of ether oxygens (including phenoxy) is 1. The van der Waals surface area contributed by atoms with Gasteiger partial charge in [0, 0.05) is 11.5 Å². The fourth-order valence-electron chi connectivity index (χ4n) is 3.13. The first-order valence-electron chi connectivity index (χ1n) is 9.28. The number of quaternary nitrogens is 1. The molecule has 3 rings (SSSR count). The summed E-state index contributed by atoms with van der Waals surface area (Å²) >= 11 is 6.89. The van der Waals surface area contributed by atoms with Crippen LogP contribution in [0.15, 0.2) is 24.3 Å². The molecule has 1 aromatic heterocycles. The summed E-state index contributed by atoms with van der Waals surface area (Å²) in [6.07, 6.45) is 1.31. The zero-order valence-corrected chi connectivity index (χ0v) is 17.8. The number of hydrogen-bond acceptors (Lipinski definition) is 7. The number of hydroxylamine groups is 2. The van der Waals surface area contributed by atoms with Crippen LogP contribution in [0.5, 0.6) is 0 Å². The molecule has 2 heterocycles. The van der Waals surface area contributed by atoms with Gasteiger partial charge in [-0.1, -0.05) is 50.5 Å². The number of likely N-dealkylation sites (N-methyl/N-ethyl adjacent to an activating group) is 1. The fourth-order valence-corrected chi connectivity index (χ4v) is 4.26. The minimum absolute atomic E-state index is 0.241. The summed E-state index contributed by atoms with van der Waals surface area (Å²) in [6, 6.07) is 8.03. The Hall–Kier alpha value is -1.45. The fraction of sp³-hybridized carbons (Fsp3) is 0.526. The lowest BCUT2D eigenvalue weighted by Gasteiger charge is -2.39. The maximum Gasteiger partial charge on any atom is 0.310 e. The lowest BCUT2D eigenvalue weighted by atomic mass is 10.1. The number of rotatable bonds is 6. The van der Waals surface area contributed by atoms with Gasteiger partial charge < -0.3 is 9.94 Å². The van der Waals surface area contributed by atoms with Crippen molar-refractivity contribution in [3.63, 3.8) is 0 Å². The number of benzene rings is 1. The summed E-state index contributed by atoms with van der Waals surface area (Å²) in [4.78, 5) is 1.89. The molecule has 1 aromatic carbocycles. The number of aryl methyl sites for hydroxylation is 1. The van der Waals surface area contributed by atoms with Crippen LogP contribution < -0.4 is 4.65 Å². The summed E-state index contributed by atoms with van der Waals surface area (Å²) in [7, 11) is 1.88. The van der Waals surface area contributed by atoms with Gasteiger partial charge in [0.1, 0.15) is 11.6 Å². The van der Waals surface area contributed by atoms with Gasteiger partial charge in [-0.2, -0.15) is 0 Å². The SMILES string of the molecule is CCCc1cccc(C(=S)OC2N(C)CC[N+]2([O-])c2nnc(C(C)C)s2)c1. The van der Waals surface area contributed by atoms with Gasteiger partial charge in [0.15, 0.2) is 5.05 Å². The van der Waals surface area contributed by atoms with Crippen molar-refractivity contribution in [3.05, 3.63) is 45.6 Å². The smallest absolute Gasteiger partial charge is 0.310 e. The zero-order valence-electron chi connectivity index (χ0n) is 16.2. The van der Waals surface area contributed by atoms with E-state index in [1.807, 2.05) is 44.0 Å². The Kier molecular flexibility index (Phi) is 6.22. The molecule has 2 aromatic rings. The summed E-state index contributed by atoms with van der Waals surface area (Å²) in [6.45, 7) is 7.21. The average molecular weight is 407 g/mol. The van der Waals surface area contributed by atoms with Crippen LogP contribution in [0.4, 0.5) is 5.13 Å². The Bertz CT molecular complexity index is 811. The van der Waals surface area contributed by atoms with Crippen LogP contribution in [0.2, 0.25) is 0 Å². The number of aromatic nitrogens is 2. The first-order valence-corrected chi connectivity index (χ1v) is 10.5. The van der Waals surface area contributed by atoms with Gasteiger partial charge in [-0.3, -0.25) is 4.65 Å². The second kappa shape index (κ2) is 8.28. The second-order valence-electron chi connectivity index (χ2n) is 7.26. The molecule has 0 bridgehead atoms. The largest absolute Gasteiger partial charge is 0.622 e. The van der Waals surface area contributed by atoms with Crippen molar-refractivity contribution in [2.45, 2.75) is 45.9 Å². The minimum atomic E-state index is -0.750. The third-order valence-electron chi connectivity index (χ3n) is 4.68. The van der Waals surface area contributed by atoms with Crippen LogP contribution in [-0.2, 0) is 11.2 Å². The molecule has 0 spiro atoms. The molecular formula is C19H26N4O2S2. The molecule has 1 fully saturated rings. The molecule has 2 atom stereocenters. The molecule has 1 saturated heterocycles. The van der Waals surface area contributed by atoms with Crippen LogP contribution in [0.3, 0.4) is 0 Å². The van der Waals surface area contributed by atoms with Gasteiger partial charge in [-0.25, -0.2) is 4.90 Å². The van der Waals surface area contributed by atoms with E-state index in [4.69, 9.17) is 17.0 Å². The Morgan fingerprint density at radius 3 is 2.89 bits per heavy atom. The maximum atomic E-state index is 13.6. The summed E-state index contributed by atoms with van der Waals surface area (Å²) in [5.74, 6) is 0.241. The first-order chi connectivity index (χ1) is 12.8. The van der Waals surface area contributed by atoms with E-state index >= 15 is 0 Å². The lowest BCUT2D eigenvalue weighted by Crippen LogP contribution is -2.53. The van der Waals surface area contributed by atoms with Crippen molar-refractivity contribution < 1.29 is 4.74 Å². The first kappa shape index (κ1) is 20.3. The number of hydrogen-bond donors (Lipinski definition) is 0. The monoisotopic (exact) mass is 406 g/mol. The van der Waals surface area contributed by atoms with Crippen molar-refractivity contribution in [2.24, 2.45) is 0 Å². The Morgan fingerprint density at radius 2 is 2.22 bits per heavy atom. The molecule has 0 saturated carbocycles. The molecule has 1 aliphatic rings. The number of nitrogens with zero attached hydrogens (tertiary/aromatic N) is 4. The third kappa shape index (κ3) is 4.20. The molecule has 1 aliphatic heterocycles. The standard InChI is InChI=1S/C19H26N4O2S2/c1-5-7-14-8-6-9-15(12-14)17(26)25-19-22(4)10-11-23(19,24)18-21-20-16(27-18)13(2)3/h6,8-9,12-13,19H,5,7,10-11H2,1-4H3. The minimum Gasteiger partial charge on any atom is -0.622 e. The Labute approximate surface area is 169 Å². The highest BCUT2D eigenvalue weighted by Crippen LogP contribution is 2.36. The van der Waals surface area contributed by atoms with Gasteiger partial charge in [0.25, 0.3) is 0 Å². The third-order valence-corrected chi connectivity index (χ3v) is 6.35. The number of thiocarbonyl (C=S) groups is 1.